The molecule has 1 aromatic carbocycles. The molecule has 2 aliphatic carbocycles. The van der Waals surface area contributed by atoms with Crippen LogP contribution in [0.1, 0.15) is 42.4 Å². The first kappa shape index (κ1) is 25.3. The number of aromatic nitrogens is 2. The van der Waals surface area contributed by atoms with Crippen molar-refractivity contribution in [3.05, 3.63) is 59.4 Å². The number of hydrogen-bond donors (Lipinski definition) is 2. The molecule has 0 bridgehead atoms. The van der Waals surface area contributed by atoms with Crippen molar-refractivity contribution >= 4 is 36.4 Å². The van der Waals surface area contributed by atoms with Gasteiger partial charge in [0.15, 0.2) is 0 Å². The number of aryl methyl sites for hydroxylation is 1. The molecule has 33 heavy (non-hydrogen) atoms. The van der Waals surface area contributed by atoms with Gasteiger partial charge < -0.3 is 10.6 Å². The maximum absolute atomic E-state index is 4.66. The van der Waals surface area contributed by atoms with Gasteiger partial charge in [0.1, 0.15) is 11.6 Å². The van der Waals surface area contributed by atoms with Gasteiger partial charge in [-0.1, -0.05) is 6.07 Å². The molecule has 3 aromatic rings. The Morgan fingerprint density at radius 3 is 1.70 bits per heavy atom. The topological polar surface area (TPSA) is 49.8 Å². The van der Waals surface area contributed by atoms with Crippen molar-refractivity contribution in [2.75, 3.05) is 23.7 Å². The third-order valence-corrected chi connectivity index (χ3v) is 6.76. The summed E-state index contributed by atoms with van der Waals surface area (Å²) >= 11 is 0. The number of nitrogens with one attached hydrogen (secondary N) is 2. The summed E-state index contributed by atoms with van der Waals surface area (Å²) in [6.45, 7) is 8.72. The van der Waals surface area contributed by atoms with E-state index in [1.807, 2.05) is 12.4 Å². The number of halogens is 2. The predicted octanol–water partition coefficient (Wildman–Crippen LogP) is 7.22. The van der Waals surface area contributed by atoms with Gasteiger partial charge in [-0.05, 0) is 110 Å². The molecule has 2 heterocycles. The van der Waals surface area contributed by atoms with Crippen molar-refractivity contribution in [3.63, 3.8) is 0 Å². The first-order chi connectivity index (χ1) is 15.1. The van der Waals surface area contributed by atoms with E-state index < -0.39 is 0 Å². The minimum atomic E-state index is 0. The van der Waals surface area contributed by atoms with Crippen molar-refractivity contribution < 1.29 is 0 Å². The molecule has 2 saturated carbocycles. The molecule has 6 heteroatoms. The molecule has 0 saturated heterocycles. The minimum Gasteiger partial charge on any atom is -0.370 e. The Morgan fingerprint density at radius 2 is 1.24 bits per heavy atom. The highest BCUT2D eigenvalue weighted by Crippen LogP contribution is 2.36. The number of anilines is 2. The van der Waals surface area contributed by atoms with Crippen molar-refractivity contribution in [1.82, 2.24) is 9.97 Å². The van der Waals surface area contributed by atoms with Crippen LogP contribution in [0.3, 0.4) is 0 Å². The molecule has 0 atom stereocenters. The van der Waals surface area contributed by atoms with Gasteiger partial charge in [0, 0.05) is 36.6 Å². The summed E-state index contributed by atoms with van der Waals surface area (Å²) in [6.07, 6.45) is 9.41. The standard InChI is InChI=1S/C27H32N4.2ClH/c1-17-12-24(22-8-10-25(30-15-22)28-13-20-4-5-20)18(2)19(3)27(17)23-9-11-26(31-16-23)29-14-21-6-7-21;;/h8-12,15-16,20-21H,4-7,13-14H2,1-3H3,(H,28,30)(H,29,31);2*1H. The molecule has 2 aliphatic rings. The molecule has 5 rings (SSSR count). The zero-order valence-corrected chi connectivity index (χ0v) is 21.3. The summed E-state index contributed by atoms with van der Waals surface area (Å²) < 4.78 is 0. The number of pyridine rings is 2. The van der Waals surface area contributed by atoms with E-state index in [-0.39, 0.29) is 24.8 Å². The van der Waals surface area contributed by atoms with Crippen LogP contribution in [0.4, 0.5) is 11.6 Å². The molecule has 2 aromatic heterocycles. The second-order valence-corrected chi connectivity index (χ2v) is 9.38. The van der Waals surface area contributed by atoms with E-state index in [9.17, 15) is 0 Å². The Kier molecular flexibility index (Phi) is 8.25. The van der Waals surface area contributed by atoms with Crippen molar-refractivity contribution in [3.8, 4) is 22.3 Å². The van der Waals surface area contributed by atoms with E-state index in [0.29, 0.717) is 0 Å². The largest absolute Gasteiger partial charge is 0.370 e. The summed E-state index contributed by atoms with van der Waals surface area (Å²) in [7, 11) is 0. The molecule has 2 fully saturated rings. The second-order valence-electron chi connectivity index (χ2n) is 9.38. The van der Waals surface area contributed by atoms with Crippen LogP contribution in [0.2, 0.25) is 0 Å². The van der Waals surface area contributed by atoms with Gasteiger partial charge in [-0.2, -0.15) is 0 Å². The summed E-state index contributed by atoms with van der Waals surface area (Å²) in [6, 6.07) is 10.9. The third kappa shape index (κ3) is 5.99. The first-order valence-electron chi connectivity index (χ1n) is 11.6. The minimum absolute atomic E-state index is 0. The Bertz CT molecular complexity index is 1070. The van der Waals surface area contributed by atoms with Crippen molar-refractivity contribution in [2.45, 2.75) is 46.5 Å². The summed E-state index contributed by atoms with van der Waals surface area (Å²) in [5.74, 6) is 3.64. The van der Waals surface area contributed by atoms with Gasteiger partial charge >= 0.3 is 0 Å². The number of hydrogen-bond acceptors (Lipinski definition) is 4. The van der Waals surface area contributed by atoms with E-state index in [4.69, 9.17) is 0 Å². The molecular formula is C27H34Cl2N4. The SMILES string of the molecule is Cc1cc(-c2ccc(NCC3CC3)nc2)c(C)c(C)c1-c1ccc(NCC2CC2)nc1.Cl.Cl. The monoisotopic (exact) mass is 484 g/mol. The lowest BCUT2D eigenvalue weighted by Crippen LogP contribution is -2.05. The molecule has 0 radical (unpaired) electrons. The first-order valence-corrected chi connectivity index (χ1v) is 11.6. The number of nitrogens with zero attached hydrogens (tertiary/aromatic N) is 2. The lowest BCUT2D eigenvalue weighted by atomic mass is 9.88. The molecule has 4 nitrogen and oxygen atoms in total. The lowest BCUT2D eigenvalue weighted by Gasteiger charge is -2.18. The van der Waals surface area contributed by atoms with Crippen LogP contribution in [0.5, 0.6) is 0 Å². The van der Waals surface area contributed by atoms with Gasteiger partial charge in [-0.25, -0.2) is 9.97 Å². The quantitative estimate of drug-likeness (QED) is 0.354. The Balaban J connectivity index is 0.00000153. The average Bonchev–Trinajstić information content (AvgIpc) is 3.70. The molecule has 0 spiro atoms. The van der Waals surface area contributed by atoms with Gasteiger partial charge in [0.25, 0.3) is 0 Å². The van der Waals surface area contributed by atoms with E-state index in [1.165, 1.54) is 64.6 Å². The summed E-state index contributed by atoms with van der Waals surface area (Å²) in [5.41, 5.74) is 8.79. The fourth-order valence-corrected chi connectivity index (χ4v) is 4.27. The highest BCUT2D eigenvalue weighted by Gasteiger charge is 2.21. The van der Waals surface area contributed by atoms with Crippen LogP contribution in [0.25, 0.3) is 22.3 Å². The fraction of sp³-hybridized carbons (Fsp3) is 0.407. The van der Waals surface area contributed by atoms with Gasteiger partial charge in [-0.3, -0.25) is 0 Å². The van der Waals surface area contributed by atoms with Crippen LogP contribution in [0, 0.1) is 32.6 Å². The highest BCUT2D eigenvalue weighted by molar-refractivity contribution is 5.85. The normalized spacial score (nSPS) is 14.8. The summed E-state index contributed by atoms with van der Waals surface area (Å²) in [4.78, 5) is 9.31. The van der Waals surface area contributed by atoms with E-state index in [1.54, 1.807) is 0 Å². The molecule has 0 aliphatic heterocycles. The average molecular weight is 486 g/mol. The van der Waals surface area contributed by atoms with E-state index in [0.717, 1.165) is 36.6 Å². The van der Waals surface area contributed by atoms with Crippen LogP contribution < -0.4 is 10.6 Å². The zero-order valence-electron chi connectivity index (χ0n) is 19.6. The maximum Gasteiger partial charge on any atom is 0.125 e. The van der Waals surface area contributed by atoms with Gasteiger partial charge in [-0.15, -0.1) is 24.8 Å². The van der Waals surface area contributed by atoms with Crippen LogP contribution in [-0.2, 0) is 0 Å². The van der Waals surface area contributed by atoms with E-state index in [2.05, 4.69) is 71.7 Å². The summed E-state index contributed by atoms with van der Waals surface area (Å²) in [5, 5.41) is 6.91. The molecular weight excluding hydrogens is 451 g/mol. The highest BCUT2D eigenvalue weighted by atomic mass is 35.5. The zero-order chi connectivity index (χ0) is 21.4. The maximum atomic E-state index is 4.66. The fourth-order valence-electron chi connectivity index (χ4n) is 4.27. The van der Waals surface area contributed by atoms with Crippen molar-refractivity contribution in [1.29, 1.82) is 0 Å². The van der Waals surface area contributed by atoms with Crippen LogP contribution in [0.15, 0.2) is 42.7 Å². The smallest absolute Gasteiger partial charge is 0.125 e. The molecule has 0 amide bonds. The van der Waals surface area contributed by atoms with Gasteiger partial charge in [0.2, 0.25) is 0 Å². The predicted molar refractivity (Wildman–Crippen MR) is 144 cm³/mol. The molecule has 176 valence electrons. The Labute approximate surface area is 209 Å². The number of rotatable bonds is 8. The number of benzene rings is 1. The van der Waals surface area contributed by atoms with Crippen LogP contribution >= 0.6 is 24.8 Å². The molecule has 2 N–H and O–H groups in total. The second kappa shape index (κ2) is 10.8. The Morgan fingerprint density at radius 1 is 0.727 bits per heavy atom. The van der Waals surface area contributed by atoms with Crippen LogP contribution in [-0.4, -0.2) is 23.1 Å². The van der Waals surface area contributed by atoms with Gasteiger partial charge in [0.05, 0.1) is 0 Å². The van der Waals surface area contributed by atoms with Crippen molar-refractivity contribution in [2.24, 2.45) is 11.8 Å². The molecule has 0 unspecified atom stereocenters. The lowest BCUT2D eigenvalue weighted by molar-refractivity contribution is 0.883. The van der Waals surface area contributed by atoms with E-state index >= 15 is 0 Å². The Hall–Kier alpha value is -2.30. The third-order valence-electron chi connectivity index (χ3n) is 6.76.